The van der Waals surface area contributed by atoms with Crippen molar-refractivity contribution in [3.8, 4) is 0 Å². The standard InChI is InChI=1S/C13H17ClN4/c1-18(2)8-7-17-13-10-3-4-11(14)12(15)9(10)5-6-16-13/h3-6H,7-8,15H2,1-2H3,(H,16,17). The second-order valence-electron chi connectivity index (χ2n) is 4.45. The summed E-state index contributed by atoms with van der Waals surface area (Å²) >= 11 is 6.01. The smallest absolute Gasteiger partial charge is 0.133 e. The van der Waals surface area contributed by atoms with E-state index in [0.717, 1.165) is 29.7 Å². The van der Waals surface area contributed by atoms with Gasteiger partial charge < -0.3 is 16.0 Å². The fourth-order valence-corrected chi connectivity index (χ4v) is 1.96. The van der Waals surface area contributed by atoms with E-state index in [9.17, 15) is 0 Å². The number of hydrogen-bond acceptors (Lipinski definition) is 4. The third-order valence-corrected chi connectivity index (χ3v) is 3.11. The van der Waals surface area contributed by atoms with Crippen LogP contribution in [0.25, 0.3) is 10.8 Å². The zero-order chi connectivity index (χ0) is 13.1. The van der Waals surface area contributed by atoms with Crippen LogP contribution in [-0.4, -0.2) is 37.1 Å². The van der Waals surface area contributed by atoms with E-state index in [0.29, 0.717) is 10.7 Å². The topological polar surface area (TPSA) is 54.2 Å². The lowest BCUT2D eigenvalue weighted by atomic mass is 10.1. The van der Waals surface area contributed by atoms with Crippen molar-refractivity contribution < 1.29 is 0 Å². The van der Waals surface area contributed by atoms with Gasteiger partial charge in [-0.25, -0.2) is 4.98 Å². The van der Waals surface area contributed by atoms with Crippen LogP contribution in [0.1, 0.15) is 0 Å². The van der Waals surface area contributed by atoms with Gasteiger partial charge in [-0.05, 0) is 32.3 Å². The van der Waals surface area contributed by atoms with Gasteiger partial charge in [0.05, 0.1) is 10.7 Å². The Hall–Kier alpha value is -1.52. The molecule has 0 fully saturated rings. The summed E-state index contributed by atoms with van der Waals surface area (Å²) < 4.78 is 0. The third-order valence-electron chi connectivity index (χ3n) is 2.79. The molecule has 2 rings (SSSR count). The molecule has 0 amide bonds. The van der Waals surface area contributed by atoms with Crippen LogP contribution in [0.5, 0.6) is 0 Å². The summed E-state index contributed by atoms with van der Waals surface area (Å²) in [5.41, 5.74) is 6.57. The molecule has 0 bridgehead atoms. The maximum Gasteiger partial charge on any atom is 0.133 e. The van der Waals surface area contributed by atoms with Gasteiger partial charge in [0.2, 0.25) is 0 Å². The lowest BCUT2D eigenvalue weighted by molar-refractivity contribution is 0.425. The average molecular weight is 265 g/mol. The molecule has 0 saturated carbocycles. The number of likely N-dealkylation sites (N-methyl/N-ethyl adjacent to an activating group) is 1. The first-order valence-electron chi connectivity index (χ1n) is 5.81. The largest absolute Gasteiger partial charge is 0.397 e. The number of benzene rings is 1. The van der Waals surface area contributed by atoms with Crippen LogP contribution < -0.4 is 11.1 Å². The van der Waals surface area contributed by atoms with Crippen LogP contribution in [0.2, 0.25) is 5.02 Å². The Kier molecular flexibility index (Phi) is 3.89. The molecule has 0 aliphatic heterocycles. The maximum atomic E-state index is 6.01. The number of rotatable bonds is 4. The second kappa shape index (κ2) is 5.42. The van der Waals surface area contributed by atoms with E-state index in [2.05, 4.69) is 15.2 Å². The second-order valence-corrected chi connectivity index (χ2v) is 4.85. The van der Waals surface area contributed by atoms with Gasteiger partial charge in [0.25, 0.3) is 0 Å². The first kappa shape index (κ1) is 12.9. The van der Waals surface area contributed by atoms with Crippen LogP contribution >= 0.6 is 11.6 Å². The summed E-state index contributed by atoms with van der Waals surface area (Å²) in [6.45, 7) is 1.78. The van der Waals surface area contributed by atoms with Crippen LogP contribution in [0.4, 0.5) is 11.5 Å². The Bertz CT molecular complexity index is 554. The van der Waals surface area contributed by atoms with Crippen molar-refractivity contribution in [2.45, 2.75) is 0 Å². The highest BCUT2D eigenvalue weighted by Crippen LogP contribution is 2.31. The van der Waals surface area contributed by atoms with Gasteiger partial charge in [0.1, 0.15) is 5.82 Å². The molecule has 0 radical (unpaired) electrons. The summed E-state index contributed by atoms with van der Waals surface area (Å²) in [5, 5.41) is 5.82. The Morgan fingerprint density at radius 1 is 1.28 bits per heavy atom. The number of hydrogen-bond donors (Lipinski definition) is 2. The monoisotopic (exact) mass is 264 g/mol. The van der Waals surface area contributed by atoms with Gasteiger partial charge in [-0.1, -0.05) is 11.6 Å². The average Bonchev–Trinajstić information content (AvgIpc) is 2.34. The maximum absolute atomic E-state index is 6.01. The predicted octanol–water partition coefficient (Wildman–Crippen LogP) is 2.44. The highest BCUT2D eigenvalue weighted by molar-refractivity contribution is 6.34. The van der Waals surface area contributed by atoms with E-state index in [1.54, 1.807) is 12.3 Å². The molecule has 18 heavy (non-hydrogen) atoms. The number of nitrogens with one attached hydrogen (secondary N) is 1. The summed E-state index contributed by atoms with van der Waals surface area (Å²) in [4.78, 5) is 6.46. The van der Waals surface area contributed by atoms with E-state index < -0.39 is 0 Å². The summed E-state index contributed by atoms with van der Waals surface area (Å²) in [7, 11) is 4.08. The Balaban J connectivity index is 2.31. The summed E-state index contributed by atoms with van der Waals surface area (Å²) in [6, 6.07) is 5.63. The molecule has 0 aliphatic carbocycles. The molecule has 0 atom stereocenters. The van der Waals surface area contributed by atoms with Gasteiger partial charge in [0, 0.05) is 30.1 Å². The van der Waals surface area contributed by atoms with Crippen LogP contribution in [-0.2, 0) is 0 Å². The van der Waals surface area contributed by atoms with E-state index in [4.69, 9.17) is 17.3 Å². The van der Waals surface area contributed by atoms with Gasteiger partial charge in [0.15, 0.2) is 0 Å². The van der Waals surface area contributed by atoms with Crippen molar-refractivity contribution in [3.05, 3.63) is 29.4 Å². The van der Waals surface area contributed by atoms with Crippen molar-refractivity contribution in [2.24, 2.45) is 0 Å². The molecular formula is C13H17ClN4. The van der Waals surface area contributed by atoms with Crippen molar-refractivity contribution >= 4 is 33.9 Å². The number of anilines is 2. The molecule has 96 valence electrons. The van der Waals surface area contributed by atoms with Crippen molar-refractivity contribution in [1.82, 2.24) is 9.88 Å². The number of pyridine rings is 1. The number of aromatic nitrogens is 1. The minimum absolute atomic E-state index is 0.577. The molecule has 0 spiro atoms. The minimum atomic E-state index is 0.577. The number of nitrogens with zero attached hydrogens (tertiary/aromatic N) is 2. The minimum Gasteiger partial charge on any atom is -0.397 e. The van der Waals surface area contributed by atoms with E-state index in [-0.39, 0.29) is 0 Å². The first-order chi connectivity index (χ1) is 8.59. The highest BCUT2D eigenvalue weighted by Gasteiger charge is 2.07. The molecule has 0 saturated heterocycles. The van der Waals surface area contributed by atoms with Gasteiger partial charge in [-0.15, -0.1) is 0 Å². The number of nitrogens with two attached hydrogens (primary N) is 1. The quantitative estimate of drug-likeness (QED) is 0.833. The van der Waals surface area contributed by atoms with Crippen LogP contribution in [0, 0.1) is 0 Å². The third kappa shape index (κ3) is 2.66. The Labute approximate surface area is 112 Å². The number of nitrogen functional groups attached to an aromatic ring is 1. The molecule has 1 heterocycles. The molecule has 5 heteroatoms. The summed E-state index contributed by atoms with van der Waals surface area (Å²) in [6.07, 6.45) is 1.74. The van der Waals surface area contributed by atoms with Crippen LogP contribution in [0.15, 0.2) is 24.4 Å². The lowest BCUT2D eigenvalue weighted by Gasteiger charge is -2.13. The van der Waals surface area contributed by atoms with E-state index in [1.165, 1.54) is 0 Å². The fraction of sp³-hybridized carbons (Fsp3) is 0.308. The SMILES string of the molecule is CN(C)CCNc1nccc2c(N)c(Cl)ccc12. The van der Waals surface area contributed by atoms with E-state index in [1.807, 2.05) is 26.2 Å². The molecule has 0 aliphatic rings. The van der Waals surface area contributed by atoms with Crippen molar-refractivity contribution in [2.75, 3.05) is 38.2 Å². The molecule has 3 N–H and O–H groups in total. The number of halogens is 1. The molecule has 0 unspecified atom stereocenters. The molecule has 2 aromatic rings. The fourth-order valence-electron chi connectivity index (χ4n) is 1.79. The Morgan fingerprint density at radius 2 is 2.06 bits per heavy atom. The van der Waals surface area contributed by atoms with Crippen molar-refractivity contribution in [3.63, 3.8) is 0 Å². The van der Waals surface area contributed by atoms with Gasteiger partial charge in [-0.2, -0.15) is 0 Å². The van der Waals surface area contributed by atoms with E-state index >= 15 is 0 Å². The number of fused-ring (bicyclic) bond motifs is 1. The lowest BCUT2D eigenvalue weighted by Crippen LogP contribution is -2.21. The molecular weight excluding hydrogens is 248 g/mol. The normalized spacial score (nSPS) is 11.1. The predicted molar refractivity (Wildman–Crippen MR) is 78.2 cm³/mol. The molecule has 4 nitrogen and oxygen atoms in total. The molecule has 1 aromatic carbocycles. The Morgan fingerprint density at radius 3 is 2.78 bits per heavy atom. The van der Waals surface area contributed by atoms with Crippen LogP contribution in [0.3, 0.4) is 0 Å². The first-order valence-corrected chi connectivity index (χ1v) is 6.18. The zero-order valence-corrected chi connectivity index (χ0v) is 11.3. The zero-order valence-electron chi connectivity index (χ0n) is 10.6. The van der Waals surface area contributed by atoms with Gasteiger partial charge in [-0.3, -0.25) is 0 Å². The molecule has 1 aromatic heterocycles. The van der Waals surface area contributed by atoms with Crippen molar-refractivity contribution in [1.29, 1.82) is 0 Å². The highest BCUT2D eigenvalue weighted by atomic mass is 35.5. The van der Waals surface area contributed by atoms with Gasteiger partial charge >= 0.3 is 0 Å². The summed E-state index contributed by atoms with van der Waals surface area (Å²) in [5.74, 6) is 0.845.